The topological polar surface area (TPSA) is 55.6 Å². The molecule has 1 amide bonds. The summed E-state index contributed by atoms with van der Waals surface area (Å²) in [6.07, 6.45) is 3.50. The fourth-order valence-electron chi connectivity index (χ4n) is 2.32. The molecule has 0 saturated heterocycles. The molecule has 0 bridgehead atoms. The van der Waals surface area contributed by atoms with Crippen molar-refractivity contribution in [3.8, 4) is 5.75 Å². The minimum absolute atomic E-state index is 0. The second-order valence-corrected chi connectivity index (χ2v) is 5.58. The van der Waals surface area contributed by atoms with Crippen LogP contribution in [0.4, 0.5) is 0 Å². The molecule has 0 aliphatic heterocycles. The van der Waals surface area contributed by atoms with E-state index in [-0.39, 0.29) is 24.4 Å². The first kappa shape index (κ1) is 17.8. The largest absolute Gasteiger partial charge is 0.496 e. The maximum atomic E-state index is 12.4. The maximum absolute atomic E-state index is 12.4. The van der Waals surface area contributed by atoms with Crippen molar-refractivity contribution < 1.29 is 9.53 Å². The van der Waals surface area contributed by atoms with Crippen molar-refractivity contribution in [2.45, 2.75) is 51.2 Å². The number of hydrogen-bond donors (Lipinski definition) is 1. The lowest BCUT2D eigenvalue weighted by Crippen LogP contribution is -2.33. The minimum atomic E-state index is 0. The van der Waals surface area contributed by atoms with Gasteiger partial charge in [-0.1, -0.05) is 18.2 Å². The zero-order chi connectivity index (χ0) is 14.5. The van der Waals surface area contributed by atoms with Gasteiger partial charge in [-0.2, -0.15) is 0 Å². The van der Waals surface area contributed by atoms with Crippen LogP contribution in [-0.2, 0) is 11.3 Å². The van der Waals surface area contributed by atoms with Crippen LogP contribution in [0.25, 0.3) is 0 Å². The van der Waals surface area contributed by atoms with Crippen LogP contribution in [0.3, 0.4) is 0 Å². The molecular weight excluding hydrogens is 288 g/mol. The molecule has 118 valence electrons. The molecule has 1 fully saturated rings. The summed E-state index contributed by atoms with van der Waals surface area (Å²) in [5.74, 6) is 1.05. The monoisotopic (exact) mass is 312 g/mol. The van der Waals surface area contributed by atoms with Crippen molar-refractivity contribution in [1.82, 2.24) is 4.90 Å². The SMILES string of the molecule is COc1ccccc1CN(C(=O)CCC(C)N)C1CC1.Cl. The number of rotatable bonds is 7. The predicted octanol–water partition coefficient (Wildman–Crippen LogP) is 2.74. The highest BCUT2D eigenvalue weighted by Crippen LogP contribution is 2.31. The number of ether oxygens (including phenoxy) is 1. The molecule has 4 nitrogen and oxygen atoms in total. The van der Waals surface area contributed by atoms with Gasteiger partial charge in [-0.25, -0.2) is 0 Å². The summed E-state index contributed by atoms with van der Waals surface area (Å²) in [6.45, 7) is 2.57. The Morgan fingerprint density at radius 3 is 2.67 bits per heavy atom. The zero-order valence-electron chi connectivity index (χ0n) is 12.7. The lowest BCUT2D eigenvalue weighted by molar-refractivity contribution is -0.132. The molecule has 1 aromatic carbocycles. The van der Waals surface area contributed by atoms with E-state index >= 15 is 0 Å². The lowest BCUT2D eigenvalue weighted by atomic mass is 10.1. The highest BCUT2D eigenvalue weighted by atomic mass is 35.5. The maximum Gasteiger partial charge on any atom is 0.223 e. The van der Waals surface area contributed by atoms with E-state index < -0.39 is 0 Å². The van der Waals surface area contributed by atoms with E-state index in [1.54, 1.807) is 7.11 Å². The minimum Gasteiger partial charge on any atom is -0.496 e. The fraction of sp³-hybridized carbons (Fsp3) is 0.562. The van der Waals surface area contributed by atoms with Crippen LogP contribution in [0.5, 0.6) is 5.75 Å². The first-order chi connectivity index (χ1) is 9.61. The Bertz CT molecular complexity index is 461. The fourth-order valence-corrected chi connectivity index (χ4v) is 2.32. The number of benzene rings is 1. The Hall–Kier alpha value is -1.26. The van der Waals surface area contributed by atoms with E-state index in [0.29, 0.717) is 19.0 Å². The Morgan fingerprint density at radius 1 is 1.43 bits per heavy atom. The van der Waals surface area contributed by atoms with Gasteiger partial charge in [0.05, 0.1) is 7.11 Å². The number of hydrogen-bond acceptors (Lipinski definition) is 3. The number of halogens is 1. The van der Waals surface area contributed by atoms with Crippen molar-refractivity contribution in [2.75, 3.05) is 7.11 Å². The molecule has 0 spiro atoms. The standard InChI is InChI=1S/C16H24N2O2.ClH/c1-12(17)7-10-16(19)18(14-8-9-14)11-13-5-3-4-6-15(13)20-2;/h3-6,12,14H,7-11,17H2,1-2H3;1H. The van der Waals surface area contributed by atoms with Crippen LogP contribution in [-0.4, -0.2) is 30.0 Å². The van der Waals surface area contributed by atoms with E-state index in [2.05, 4.69) is 0 Å². The van der Waals surface area contributed by atoms with Gasteiger partial charge in [-0.3, -0.25) is 4.79 Å². The molecule has 2 N–H and O–H groups in total. The number of nitrogens with zero attached hydrogens (tertiary/aromatic N) is 1. The molecule has 1 aliphatic rings. The smallest absolute Gasteiger partial charge is 0.223 e. The average molecular weight is 313 g/mol. The van der Waals surface area contributed by atoms with E-state index in [9.17, 15) is 4.79 Å². The Kier molecular flexibility index (Phi) is 6.99. The Balaban J connectivity index is 0.00000220. The third kappa shape index (κ3) is 5.21. The molecule has 1 unspecified atom stereocenters. The second kappa shape index (κ2) is 8.25. The number of para-hydroxylation sites is 1. The van der Waals surface area contributed by atoms with E-state index in [4.69, 9.17) is 10.5 Å². The quantitative estimate of drug-likeness (QED) is 0.842. The first-order valence-corrected chi connectivity index (χ1v) is 7.28. The third-order valence-corrected chi connectivity index (χ3v) is 3.65. The van der Waals surface area contributed by atoms with Gasteiger partial charge in [0.25, 0.3) is 0 Å². The summed E-state index contributed by atoms with van der Waals surface area (Å²) >= 11 is 0. The molecule has 0 aromatic heterocycles. The van der Waals surface area contributed by atoms with E-state index in [1.807, 2.05) is 36.1 Å². The van der Waals surface area contributed by atoms with Crippen LogP contribution in [0.1, 0.15) is 38.2 Å². The first-order valence-electron chi connectivity index (χ1n) is 7.28. The summed E-state index contributed by atoms with van der Waals surface area (Å²) in [6, 6.07) is 8.36. The number of nitrogens with two attached hydrogens (primary N) is 1. The van der Waals surface area contributed by atoms with E-state index in [0.717, 1.165) is 30.6 Å². The van der Waals surface area contributed by atoms with Crippen molar-refractivity contribution in [1.29, 1.82) is 0 Å². The van der Waals surface area contributed by atoms with Crippen LogP contribution in [0, 0.1) is 0 Å². The molecule has 5 heteroatoms. The van der Waals surface area contributed by atoms with Crippen LogP contribution >= 0.6 is 12.4 Å². The van der Waals surface area contributed by atoms with Crippen molar-refractivity contribution in [2.24, 2.45) is 5.73 Å². The van der Waals surface area contributed by atoms with Gasteiger partial charge < -0.3 is 15.4 Å². The van der Waals surface area contributed by atoms with Crippen LogP contribution in [0.2, 0.25) is 0 Å². The molecule has 1 aromatic rings. The molecule has 2 rings (SSSR count). The number of carbonyl (C=O) groups is 1. The van der Waals surface area contributed by atoms with Gasteiger partial charge >= 0.3 is 0 Å². The van der Waals surface area contributed by atoms with Crippen LogP contribution in [0.15, 0.2) is 24.3 Å². The van der Waals surface area contributed by atoms with E-state index in [1.165, 1.54) is 0 Å². The third-order valence-electron chi connectivity index (χ3n) is 3.65. The number of methoxy groups -OCH3 is 1. The van der Waals surface area contributed by atoms with Gasteiger partial charge in [0.2, 0.25) is 5.91 Å². The molecule has 0 heterocycles. The highest BCUT2D eigenvalue weighted by Gasteiger charge is 2.32. The average Bonchev–Trinajstić information content (AvgIpc) is 3.27. The lowest BCUT2D eigenvalue weighted by Gasteiger charge is -2.24. The van der Waals surface area contributed by atoms with Crippen molar-refractivity contribution in [3.05, 3.63) is 29.8 Å². The van der Waals surface area contributed by atoms with Gasteiger partial charge in [0.1, 0.15) is 5.75 Å². The summed E-state index contributed by atoms with van der Waals surface area (Å²) in [5.41, 5.74) is 6.81. The molecule has 1 atom stereocenters. The highest BCUT2D eigenvalue weighted by molar-refractivity contribution is 5.85. The molecule has 1 aliphatic carbocycles. The number of carbonyl (C=O) groups excluding carboxylic acids is 1. The number of amides is 1. The summed E-state index contributed by atoms with van der Waals surface area (Å²) in [5, 5.41) is 0. The van der Waals surface area contributed by atoms with Gasteiger partial charge in [-0.15, -0.1) is 12.4 Å². The predicted molar refractivity (Wildman–Crippen MR) is 86.7 cm³/mol. The molecular formula is C16H25ClN2O2. The van der Waals surface area contributed by atoms with Gasteiger partial charge in [0, 0.05) is 30.6 Å². The van der Waals surface area contributed by atoms with Crippen LogP contribution < -0.4 is 10.5 Å². The Morgan fingerprint density at radius 2 is 2.10 bits per heavy atom. The molecule has 0 radical (unpaired) electrons. The Labute approximate surface area is 133 Å². The summed E-state index contributed by atoms with van der Waals surface area (Å²) < 4.78 is 5.37. The summed E-state index contributed by atoms with van der Waals surface area (Å²) in [4.78, 5) is 14.3. The van der Waals surface area contributed by atoms with Gasteiger partial charge in [0.15, 0.2) is 0 Å². The van der Waals surface area contributed by atoms with Gasteiger partial charge in [-0.05, 0) is 32.3 Å². The second-order valence-electron chi connectivity index (χ2n) is 5.58. The van der Waals surface area contributed by atoms with Crippen molar-refractivity contribution in [3.63, 3.8) is 0 Å². The molecule has 21 heavy (non-hydrogen) atoms. The zero-order valence-corrected chi connectivity index (χ0v) is 13.6. The summed E-state index contributed by atoms with van der Waals surface area (Å²) in [7, 11) is 1.66. The van der Waals surface area contributed by atoms with Crippen molar-refractivity contribution >= 4 is 18.3 Å². The normalized spacial score (nSPS) is 15.0. The molecule has 1 saturated carbocycles.